The molecule has 1 rings (SSSR count). The highest BCUT2D eigenvalue weighted by Gasteiger charge is 2.30. The number of ether oxygens (including phenoxy) is 3. The Bertz CT molecular complexity index is 175. The van der Waals surface area contributed by atoms with Crippen LogP contribution in [0.4, 0.5) is 0 Å². The molecule has 1 aliphatic rings. The molecule has 0 aromatic rings. The summed E-state index contributed by atoms with van der Waals surface area (Å²) in [5.41, 5.74) is 0. The molecule has 0 N–H and O–H groups in total. The molecule has 0 atom stereocenters. The number of carbonyl (C=O) groups is 1. The van der Waals surface area contributed by atoms with Crippen LogP contribution in [0.3, 0.4) is 0 Å². The molecule has 4 heteroatoms. The average Bonchev–Trinajstić information content (AvgIpc) is 2.13. The summed E-state index contributed by atoms with van der Waals surface area (Å²) in [6.07, 6.45) is 2.69. The van der Waals surface area contributed by atoms with Crippen LogP contribution in [0.25, 0.3) is 0 Å². The van der Waals surface area contributed by atoms with E-state index in [9.17, 15) is 4.79 Å². The molecule has 0 radical (unpaired) electrons. The first-order chi connectivity index (χ1) is 6.76. The van der Waals surface area contributed by atoms with Gasteiger partial charge in [0.15, 0.2) is 0 Å². The standard InChI is InChI=1S/C10H18O4/c1-12-7-14-6-9-3-8(4-9)5-10(11)13-2/h8-9H,3-7H2,1-2H3. The summed E-state index contributed by atoms with van der Waals surface area (Å²) in [7, 11) is 3.04. The van der Waals surface area contributed by atoms with Gasteiger partial charge in [-0.1, -0.05) is 0 Å². The van der Waals surface area contributed by atoms with Crippen molar-refractivity contribution in [1.82, 2.24) is 0 Å². The minimum atomic E-state index is -0.105. The molecule has 4 nitrogen and oxygen atoms in total. The largest absolute Gasteiger partial charge is 0.469 e. The molecule has 1 saturated carbocycles. The van der Waals surface area contributed by atoms with Crippen molar-refractivity contribution in [2.75, 3.05) is 27.6 Å². The van der Waals surface area contributed by atoms with E-state index < -0.39 is 0 Å². The lowest BCUT2D eigenvalue weighted by Gasteiger charge is -2.34. The minimum absolute atomic E-state index is 0.105. The Morgan fingerprint density at radius 2 is 2.00 bits per heavy atom. The molecule has 0 unspecified atom stereocenters. The predicted molar refractivity (Wildman–Crippen MR) is 50.7 cm³/mol. The molecule has 0 bridgehead atoms. The smallest absolute Gasteiger partial charge is 0.305 e. The second-order valence-corrected chi connectivity index (χ2v) is 3.76. The maximum atomic E-state index is 10.9. The Kier molecular flexibility index (Phi) is 4.90. The van der Waals surface area contributed by atoms with Gasteiger partial charge in [-0.15, -0.1) is 0 Å². The summed E-state index contributed by atoms with van der Waals surface area (Å²) < 4.78 is 14.6. The summed E-state index contributed by atoms with van der Waals surface area (Å²) in [6.45, 7) is 1.10. The maximum absolute atomic E-state index is 10.9. The zero-order valence-corrected chi connectivity index (χ0v) is 8.82. The van der Waals surface area contributed by atoms with Gasteiger partial charge in [0.2, 0.25) is 0 Å². The zero-order valence-electron chi connectivity index (χ0n) is 8.82. The van der Waals surface area contributed by atoms with E-state index in [1.807, 2.05) is 0 Å². The molecular weight excluding hydrogens is 184 g/mol. The van der Waals surface area contributed by atoms with Crippen LogP contribution >= 0.6 is 0 Å². The number of carbonyl (C=O) groups excluding carboxylic acids is 1. The number of rotatable bonds is 6. The van der Waals surface area contributed by atoms with E-state index in [-0.39, 0.29) is 5.97 Å². The maximum Gasteiger partial charge on any atom is 0.305 e. The van der Waals surface area contributed by atoms with Crippen molar-refractivity contribution in [2.24, 2.45) is 11.8 Å². The molecule has 82 valence electrons. The van der Waals surface area contributed by atoms with Gasteiger partial charge < -0.3 is 14.2 Å². The van der Waals surface area contributed by atoms with Gasteiger partial charge in [0.1, 0.15) is 6.79 Å². The number of esters is 1. The minimum Gasteiger partial charge on any atom is -0.469 e. The van der Waals surface area contributed by atoms with Crippen LogP contribution in [0, 0.1) is 11.8 Å². The highest BCUT2D eigenvalue weighted by atomic mass is 16.7. The van der Waals surface area contributed by atoms with Gasteiger partial charge in [-0.3, -0.25) is 4.79 Å². The van der Waals surface area contributed by atoms with Crippen LogP contribution in [0.5, 0.6) is 0 Å². The third-order valence-electron chi connectivity index (χ3n) is 2.57. The van der Waals surface area contributed by atoms with Crippen molar-refractivity contribution >= 4 is 5.97 Å². The normalized spacial score (nSPS) is 25.6. The van der Waals surface area contributed by atoms with E-state index in [0.29, 0.717) is 25.0 Å². The number of methoxy groups -OCH3 is 2. The SMILES string of the molecule is COCOCC1CC(CC(=O)OC)C1. The second kappa shape index (κ2) is 5.98. The molecule has 0 aliphatic heterocycles. The average molecular weight is 202 g/mol. The lowest BCUT2D eigenvalue weighted by molar-refractivity contribution is -0.143. The first-order valence-electron chi connectivity index (χ1n) is 4.89. The van der Waals surface area contributed by atoms with Crippen molar-refractivity contribution in [1.29, 1.82) is 0 Å². The van der Waals surface area contributed by atoms with E-state index in [0.717, 1.165) is 19.4 Å². The lowest BCUT2D eigenvalue weighted by atomic mass is 9.74. The van der Waals surface area contributed by atoms with Gasteiger partial charge in [-0.05, 0) is 24.7 Å². The highest BCUT2D eigenvalue weighted by Crippen LogP contribution is 2.36. The molecule has 14 heavy (non-hydrogen) atoms. The Balaban J connectivity index is 1.97. The van der Waals surface area contributed by atoms with Gasteiger partial charge >= 0.3 is 5.97 Å². The third kappa shape index (κ3) is 3.64. The summed E-state index contributed by atoms with van der Waals surface area (Å²) >= 11 is 0. The van der Waals surface area contributed by atoms with Crippen LogP contribution in [0.1, 0.15) is 19.3 Å². The Hall–Kier alpha value is -0.610. The van der Waals surface area contributed by atoms with E-state index >= 15 is 0 Å². The van der Waals surface area contributed by atoms with Crippen molar-refractivity contribution in [3.8, 4) is 0 Å². The highest BCUT2D eigenvalue weighted by molar-refractivity contribution is 5.69. The van der Waals surface area contributed by atoms with E-state index in [1.54, 1.807) is 7.11 Å². The fourth-order valence-electron chi connectivity index (χ4n) is 1.79. The van der Waals surface area contributed by atoms with Crippen molar-refractivity contribution < 1.29 is 19.0 Å². The van der Waals surface area contributed by atoms with E-state index in [2.05, 4.69) is 4.74 Å². The second-order valence-electron chi connectivity index (χ2n) is 3.76. The first kappa shape index (κ1) is 11.5. The molecule has 0 aromatic heterocycles. The molecule has 0 heterocycles. The van der Waals surface area contributed by atoms with E-state index in [1.165, 1.54) is 7.11 Å². The Morgan fingerprint density at radius 3 is 2.57 bits per heavy atom. The lowest BCUT2D eigenvalue weighted by Crippen LogP contribution is -2.29. The van der Waals surface area contributed by atoms with Crippen LogP contribution < -0.4 is 0 Å². The Morgan fingerprint density at radius 1 is 1.29 bits per heavy atom. The summed E-state index contributed by atoms with van der Waals surface area (Å²) in [6, 6.07) is 0. The van der Waals surface area contributed by atoms with Crippen molar-refractivity contribution in [2.45, 2.75) is 19.3 Å². The summed E-state index contributed by atoms with van der Waals surface area (Å²) in [4.78, 5) is 10.9. The Labute approximate surface area is 84.5 Å². The topological polar surface area (TPSA) is 44.8 Å². The van der Waals surface area contributed by atoms with Crippen LogP contribution in [0.15, 0.2) is 0 Å². The molecule has 1 aliphatic carbocycles. The van der Waals surface area contributed by atoms with Crippen LogP contribution in [-0.4, -0.2) is 33.6 Å². The first-order valence-corrected chi connectivity index (χ1v) is 4.89. The fraction of sp³-hybridized carbons (Fsp3) is 0.900. The van der Waals surface area contributed by atoms with Crippen LogP contribution in [0.2, 0.25) is 0 Å². The van der Waals surface area contributed by atoms with Crippen molar-refractivity contribution in [3.05, 3.63) is 0 Å². The predicted octanol–water partition coefficient (Wildman–Crippen LogP) is 1.20. The third-order valence-corrected chi connectivity index (χ3v) is 2.57. The zero-order chi connectivity index (χ0) is 10.4. The fourth-order valence-corrected chi connectivity index (χ4v) is 1.79. The van der Waals surface area contributed by atoms with Gasteiger partial charge in [0.25, 0.3) is 0 Å². The molecule has 0 aromatic carbocycles. The van der Waals surface area contributed by atoms with Gasteiger partial charge in [-0.2, -0.15) is 0 Å². The molecule has 0 amide bonds. The molecule has 0 saturated heterocycles. The quantitative estimate of drug-likeness (QED) is 0.369. The van der Waals surface area contributed by atoms with E-state index in [4.69, 9.17) is 9.47 Å². The van der Waals surface area contributed by atoms with Gasteiger partial charge in [0, 0.05) is 13.5 Å². The van der Waals surface area contributed by atoms with Crippen molar-refractivity contribution in [3.63, 3.8) is 0 Å². The molecule has 1 fully saturated rings. The van der Waals surface area contributed by atoms with Gasteiger partial charge in [-0.25, -0.2) is 0 Å². The number of hydrogen-bond donors (Lipinski definition) is 0. The summed E-state index contributed by atoms with van der Waals surface area (Å²) in [5.74, 6) is 0.990. The summed E-state index contributed by atoms with van der Waals surface area (Å²) in [5, 5.41) is 0. The van der Waals surface area contributed by atoms with Gasteiger partial charge in [0.05, 0.1) is 13.7 Å². The number of hydrogen-bond acceptors (Lipinski definition) is 4. The molecular formula is C10H18O4. The molecule has 0 spiro atoms. The monoisotopic (exact) mass is 202 g/mol. The van der Waals surface area contributed by atoms with Crippen LogP contribution in [-0.2, 0) is 19.0 Å².